The highest BCUT2D eigenvalue weighted by atomic mass is 35.5. The van der Waals surface area contributed by atoms with Gasteiger partial charge in [0, 0.05) is 18.4 Å². The molecule has 1 aliphatic rings. The maximum Gasteiger partial charge on any atom is 0.252 e. The number of fused-ring (bicyclic) bond motifs is 1. The molecule has 0 atom stereocenters. The number of carbonyl (C=O) groups excluding carboxylic acids is 2. The Labute approximate surface area is 194 Å². The second kappa shape index (κ2) is 8.60. The molecule has 2 N–H and O–H groups in total. The Morgan fingerprint density at radius 3 is 2.45 bits per heavy atom. The van der Waals surface area contributed by atoms with Gasteiger partial charge in [-0.05, 0) is 35.9 Å². The predicted molar refractivity (Wildman–Crippen MR) is 120 cm³/mol. The second-order valence-electron chi connectivity index (χ2n) is 7.79. The topological polar surface area (TPSA) is 115 Å². The Morgan fingerprint density at radius 1 is 1.15 bits per heavy atom. The quantitative estimate of drug-likeness (QED) is 0.589. The van der Waals surface area contributed by atoms with Gasteiger partial charge in [-0.2, -0.15) is 5.10 Å². The fraction of sp³-hybridized carbons (Fsp3) is 0.227. The highest BCUT2D eigenvalue weighted by Crippen LogP contribution is 2.30. The molecule has 0 saturated heterocycles. The van der Waals surface area contributed by atoms with Gasteiger partial charge in [0.05, 0.1) is 40.7 Å². The molecule has 0 saturated carbocycles. The Balaban J connectivity index is 1.59. The number of rotatable bonds is 5. The number of primary amides is 1. The Bertz CT molecular complexity index is 1370. The second-order valence-corrected chi connectivity index (χ2v) is 10.2. The fourth-order valence-electron chi connectivity index (χ4n) is 3.78. The number of sulfone groups is 1. The van der Waals surface area contributed by atoms with Gasteiger partial charge in [-0.1, -0.05) is 23.7 Å². The molecule has 172 valence electrons. The molecule has 0 radical (unpaired) electrons. The average molecular weight is 491 g/mol. The third-order valence-corrected chi connectivity index (χ3v) is 6.90. The van der Waals surface area contributed by atoms with Crippen LogP contribution in [0.1, 0.15) is 21.6 Å². The lowest BCUT2D eigenvalue weighted by atomic mass is 10.0. The maximum atomic E-state index is 13.6. The molecule has 0 unspecified atom stereocenters. The van der Waals surface area contributed by atoms with E-state index in [0.29, 0.717) is 29.9 Å². The first-order chi connectivity index (χ1) is 15.5. The normalized spacial score (nSPS) is 13.6. The lowest BCUT2D eigenvalue weighted by molar-refractivity contribution is -0.132. The van der Waals surface area contributed by atoms with Crippen molar-refractivity contribution in [3.63, 3.8) is 0 Å². The SMILES string of the molecule is CS(=O)(=O)c1ccc(CC(=O)N2CCn3nc(-c4ccc(F)c(Cl)c4)c(C(N)=O)c3C2)cc1. The van der Waals surface area contributed by atoms with Crippen LogP contribution in [0.3, 0.4) is 0 Å². The zero-order valence-electron chi connectivity index (χ0n) is 17.6. The molecular formula is C22H20ClFN4O4S. The van der Waals surface area contributed by atoms with Gasteiger partial charge in [0.25, 0.3) is 5.91 Å². The van der Waals surface area contributed by atoms with E-state index >= 15 is 0 Å². The van der Waals surface area contributed by atoms with E-state index < -0.39 is 21.6 Å². The lowest BCUT2D eigenvalue weighted by Gasteiger charge is -2.28. The molecule has 4 rings (SSSR count). The van der Waals surface area contributed by atoms with E-state index in [1.165, 1.54) is 30.3 Å². The summed E-state index contributed by atoms with van der Waals surface area (Å²) in [5.41, 5.74) is 7.68. The summed E-state index contributed by atoms with van der Waals surface area (Å²) in [5, 5.41) is 4.36. The molecule has 2 heterocycles. The summed E-state index contributed by atoms with van der Waals surface area (Å²) < 4.78 is 38.4. The monoisotopic (exact) mass is 490 g/mol. The van der Waals surface area contributed by atoms with Crippen molar-refractivity contribution in [1.82, 2.24) is 14.7 Å². The lowest BCUT2D eigenvalue weighted by Crippen LogP contribution is -2.40. The van der Waals surface area contributed by atoms with Crippen molar-refractivity contribution < 1.29 is 22.4 Å². The van der Waals surface area contributed by atoms with Gasteiger partial charge in [0.15, 0.2) is 9.84 Å². The number of nitrogens with zero attached hydrogens (tertiary/aromatic N) is 3. The van der Waals surface area contributed by atoms with E-state index in [9.17, 15) is 22.4 Å². The van der Waals surface area contributed by atoms with Gasteiger partial charge in [-0.25, -0.2) is 12.8 Å². The molecule has 1 aromatic heterocycles. The van der Waals surface area contributed by atoms with Crippen LogP contribution in [-0.2, 0) is 34.1 Å². The van der Waals surface area contributed by atoms with Gasteiger partial charge >= 0.3 is 0 Å². The van der Waals surface area contributed by atoms with Crippen molar-refractivity contribution >= 4 is 33.3 Å². The summed E-state index contributed by atoms with van der Waals surface area (Å²) in [6.45, 7) is 0.848. The van der Waals surface area contributed by atoms with Gasteiger partial charge in [-0.15, -0.1) is 0 Å². The van der Waals surface area contributed by atoms with Crippen LogP contribution in [0.25, 0.3) is 11.3 Å². The number of aromatic nitrogens is 2. The molecule has 0 fully saturated rings. The summed E-state index contributed by atoms with van der Waals surface area (Å²) in [7, 11) is -3.32. The molecule has 11 heteroatoms. The number of halogens is 2. The van der Waals surface area contributed by atoms with Gasteiger partial charge in [0.2, 0.25) is 5.91 Å². The number of nitrogens with two attached hydrogens (primary N) is 1. The summed E-state index contributed by atoms with van der Waals surface area (Å²) in [5.74, 6) is -1.49. The third kappa shape index (κ3) is 4.62. The first kappa shape index (κ1) is 22.9. The fourth-order valence-corrected chi connectivity index (χ4v) is 4.59. The van der Waals surface area contributed by atoms with E-state index in [2.05, 4.69) is 5.10 Å². The number of amides is 2. The van der Waals surface area contributed by atoms with E-state index in [1.807, 2.05) is 0 Å². The van der Waals surface area contributed by atoms with Crippen molar-refractivity contribution in [3.05, 3.63) is 70.1 Å². The zero-order valence-corrected chi connectivity index (χ0v) is 19.2. The highest BCUT2D eigenvalue weighted by Gasteiger charge is 2.29. The molecule has 0 spiro atoms. The number of carbonyl (C=O) groups is 2. The minimum absolute atomic E-state index is 0.0739. The van der Waals surface area contributed by atoms with Crippen molar-refractivity contribution in [2.45, 2.75) is 24.4 Å². The molecule has 1 aliphatic heterocycles. The smallest absolute Gasteiger partial charge is 0.252 e. The predicted octanol–water partition coefficient (Wildman–Crippen LogP) is 2.43. The van der Waals surface area contributed by atoms with Crippen molar-refractivity contribution in [1.29, 1.82) is 0 Å². The van der Waals surface area contributed by atoms with Crippen LogP contribution in [0.2, 0.25) is 5.02 Å². The minimum atomic E-state index is -3.32. The van der Waals surface area contributed by atoms with Gasteiger partial charge < -0.3 is 10.6 Å². The highest BCUT2D eigenvalue weighted by molar-refractivity contribution is 7.90. The summed E-state index contributed by atoms with van der Waals surface area (Å²) in [4.78, 5) is 26.9. The first-order valence-electron chi connectivity index (χ1n) is 9.96. The number of hydrogen-bond acceptors (Lipinski definition) is 5. The molecule has 3 aromatic rings. The largest absolute Gasteiger partial charge is 0.365 e. The standard InChI is InChI=1S/C22H20ClFN4O4S/c1-33(31,32)15-5-2-13(3-6-15)10-19(29)27-8-9-28-18(12-27)20(22(25)30)21(26-28)14-4-7-17(24)16(23)11-14/h2-7,11H,8-10,12H2,1H3,(H2,25,30). The van der Waals surface area contributed by atoms with Crippen molar-refractivity contribution in [2.75, 3.05) is 12.8 Å². The summed E-state index contributed by atoms with van der Waals surface area (Å²) >= 11 is 5.89. The Morgan fingerprint density at radius 2 is 1.85 bits per heavy atom. The zero-order chi connectivity index (χ0) is 23.9. The van der Waals surface area contributed by atoms with E-state index in [-0.39, 0.29) is 40.0 Å². The summed E-state index contributed by atoms with van der Waals surface area (Å²) in [6, 6.07) is 10.2. The van der Waals surface area contributed by atoms with Crippen LogP contribution in [0.15, 0.2) is 47.4 Å². The molecule has 8 nitrogen and oxygen atoms in total. The van der Waals surface area contributed by atoms with Crippen LogP contribution in [-0.4, -0.2) is 47.7 Å². The van der Waals surface area contributed by atoms with Gasteiger partial charge in [-0.3, -0.25) is 14.3 Å². The molecular weight excluding hydrogens is 471 g/mol. The van der Waals surface area contributed by atoms with Crippen molar-refractivity contribution in [3.8, 4) is 11.3 Å². The maximum absolute atomic E-state index is 13.6. The van der Waals surface area contributed by atoms with E-state index in [1.54, 1.807) is 21.7 Å². The molecule has 33 heavy (non-hydrogen) atoms. The minimum Gasteiger partial charge on any atom is -0.365 e. The molecule has 0 aliphatic carbocycles. The average Bonchev–Trinajstić information content (AvgIpc) is 3.14. The van der Waals surface area contributed by atoms with Crippen LogP contribution in [0.4, 0.5) is 4.39 Å². The van der Waals surface area contributed by atoms with Crippen LogP contribution in [0.5, 0.6) is 0 Å². The van der Waals surface area contributed by atoms with Crippen molar-refractivity contribution in [2.24, 2.45) is 5.73 Å². The van der Waals surface area contributed by atoms with Gasteiger partial charge in [0.1, 0.15) is 11.5 Å². The third-order valence-electron chi connectivity index (χ3n) is 5.48. The Hall–Kier alpha value is -3.24. The van der Waals surface area contributed by atoms with Crippen LogP contribution in [0, 0.1) is 5.82 Å². The summed E-state index contributed by atoms with van der Waals surface area (Å²) in [6.07, 6.45) is 1.19. The van der Waals surface area contributed by atoms with Crippen LogP contribution >= 0.6 is 11.6 Å². The number of benzene rings is 2. The molecule has 0 bridgehead atoms. The van der Waals surface area contributed by atoms with Crippen LogP contribution < -0.4 is 5.73 Å². The van der Waals surface area contributed by atoms with E-state index in [4.69, 9.17) is 17.3 Å². The number of hydrogen-bond donors (Lipinski definition) is 1. The first-order valence-corrected chi connectivity index (χ1v) is 12.2. The Kier molecular flexibility index (Phi) is 5.98. The molecule has 2 aromatic carbocycles. The molecule has 2 amide bonds. The van der Waals surface area contributed by atoms with E-state index in [0.717, 1.165) is 6.26 Å².